The summed E-state index contributed by atoms with van der Waals surface area (Å²) < 4.78 is 44.2. The highest BCUT2D eigenvalue weighted by Gasteiger charge is 2.30. The lowest BCUT2D eigenvalue weighted by molar-refractivity contribution is -0.137. The summed E-state index contributed by atoms with van der Waals surface area (Å²) in [6.45, 7) is 3.81. The number of carbonyl (C=O) groups is 1. The number of alkyl halides is 3. The van der Waals surface area contributed by atoms with Gasteiger partial charge in [-0.1, -0.05) is 12.1 Å². The number of carbonyl (C=O) groups excluding carboxylic acids is 1. The van der Waals surface area contributed by atoms with Gasteiger partial charge in [0, 0.05) is 17.8 Å². The number of halogens is 3. The standard InChI is InChI=1S/C16H16F3NO2/c1-10(2)20-9-12(8-14(20)15(21)22-3)11-4-6-13(7-5-11)16(17,18)19/h4-10H,1-3H3. The van der Waals surface area contributed by atoms with Crippen LogP contribution in [0.2, 0.25) is 0 Å². The molecule has 0 radical (unpaired) electrons. The van der Waals surface area contributed by atoms with Crippen molar-refractivity contribution in [1.29, 1.82) is 0 Å². The van der Waals surface area contributed by atoms with Crippen LogP contribution in [0, 0.1) is 0 Å². The number of methoxy groups -OCH3 is 1. The van der Waals surface area contributed by atoms with Crippen LogP contribution >= 0.6 is 0 Å². The molecule has 0 N–H and O–H groups in total. The van der Waals surface area contributed by atoms with E-state index in [-0.39, 0.29) is 6.04 Å². The third-order valence-electron chi connectivity index (χ3n) is 3.34. The predicted molar refractivity (Wildman–Crippen MR) is 76.6 cm³/mol. The zero-order valence-corrected chi connectivity index (χ0v) is 12.4. The molecule has 1 heterocycles. The summed E-state index contributed by atoms with van der Waals surface area (Å²) in [6.07, 6.45) is -2.63. The highest BCUT2D eigenvalue weighted by molar-refractivity contribution is 5.90. The van der Waals surface area contributed by atoms with E-state index in [2.05, 4.69) is 0 Å². The van der Waals surface area contributed by atoms with Crippen LogP contribution in [0.4, 0.5) is 13.2 Å². The van der Waals surface area contributed by atoms with Crippen LogP contribution < -0.4 is 0 Å². The Bertz CT molecular complexity index is 670. The van der Waals surface area contributed by atoms with Gasteiger partial charge in [-0.2, -0.15) is 13.2 Å². The van der Waals surface area contributed by atoms with Crippen LogP contribution in [0.1, 0.15) is 35.9 Å². The minimum Gasteiger partial charge on any atom is -0.464 e. The fourth-order valence-corrected chi connectivity index (χ4v) is 2.18. The molecule has 6 heteroatoms. The molecule has 0 amide bonds. The van der Waals surface area contributed by atoms with E-state index in [9.17, 15) is 18.0 Å². The molecule has 2 rings (SSSR count). The molecule has 0 fully saturated rings. The highest BCUT2D eigenvalue weighted by Crippen LogP contribution is 2.32. The zero-order chi connectivity index (χ0) is 16.5. The van der Waals surface area contributed by atoms with Crippen molar-refractivity contribution in [2.45, 2.75) is 26.1 Å². The Hall–Kier alpha value is -2.24. The number of hydrogen-bond donors (Lipinski definition) is 0. The molecule has 0 unspecified atom stereocenters. The van der Waals surface area contributed by atoms with Gasteiger partial charge in [-0.05, 0) is 37.6 Å². The molecular weight excluding hydrogens is 295 g/mol. The fraction of sp³-hybridized carbons (Fsp3) is 0.312. The lowest BCUT2D eigenvalue weighted by atomic mass is 10.1. The first-order valence-electron chi connectivity index (χ1n) is 6.72. The van der Waals surface area contributed by atoms with Crippen LogP contribution in [-0.2, 0) is 10.9 Å². The Morgan fingerprint density at radius 1 is 1.14 bits per heavy atom. The van der Waals surface area contributed by atoms with E-state index in [0.29, 0.717) is 16.8 Å². The maximum atomic E-state index is 12.6. The summed E-state index contributed by atoms with van der Waals surface area (Å²) in [7, 11) is 1.29. The van der Waals surface area contributed by atoms with E-state index in [4.69, 9.17) is 4.74 Å². The second-order valence-corrected chi connectivity index (χ2v) is 5.18. The molecule has 3 nitrogen and oxygen atoms in total. The number of hydrogen-bond acceptors (Lipinski definition) is 2. The van der Waals surface area contributed by atoms with Crippen molar-refractivity contribution in [3.05, 3.63) is 47.8 Å². The molecular formula is C16H16F3NO2. The van der Waals surface area contributed by atoms with Gasteiger partial charge in [-0.25, -0.2) is 4.79 Å². The molecule has 1 aromatic carbocycles. The van der Waals surface area contributed by atoms with E-state index in [1.54, 1.807) is 16.8 Å². The number of nitrogens with zero attached hydrogens (tertiary/aromatic N) is 1. The summed E-state index contributed by atoms with van der Waals surface area (Å²) in [5, 5.41) is 0. The van der Waals surface area contributed by atoms with Crippen molar-refractivity contribution < 1.29 is 22.7 Å². The van der Waals surface area contributed by atoms with Crippen LogP contribution in [0.3, 0.4) is 0 Å². The smallest absolute Gasteiger partial charge is 0.416 e. The fourth-order valence-electron chi connectivity index (χ4n) is 2.18. The lowest BCUT2D eigenvalue weighted by Crippen LogP contribution is -2.11. The van der Waals surface area contributed by atoms with Crippen LogP contribution in [-0.4, -0.2) is 17.6 Å². The minimum absolute atomic E-state index is 0.0253. The molecule has 0 saturated heterocycles. The zero-order valence-electron chi connectivity index (χ0n) is 12.4. The molecule has 118 valence electrons. The molecule has 0 bridgehead atoms. The maximum Gasteiger partial charge on any atom is 0.416 e. The third-order valence-corrected chi connectivity index (χ3v) is 3.34. The molecule has 0 aliphatic carbocycles. The topological polar surface area (TPSA) is 31.2 Å². The molecule has 0 atom stereocenters. The first-order chi connectivity index (χ1) is 10.2. The average molecular weight is 311 g/mol. The van der Waals surface area contributed by atoms with E-state index < -0.39 is 17.7 Å². The Labute approximate surface area is 126 Å². The average Bonchev–Trinajstić information content (AvgIpc) is 2.91. The van der Waals surface area contributed by atoms with Gasteiger partial charge in [0.15, 0.2) is 0 Å². The molecule has 1 aromatic heterocycles. The molecule has 22 heavy (non-hydrogen) atoms. The first kappa shape index (κ1) is 16.1. The molecule has 0 aliphatic heterocycles. The van der Waals surface area contributed by atoms with Crippen molar-refractivity contribution in [1.82, 2.24) is 4.57 Å². The third kappa shape index (κ3) is 3.16. The number of rotatable bonds is 3. The van der Waals surface area contributed by atoms with Crippen LogP contribution in [0.15, 0.2) is 36.5 Å². The SMILES string of the molecule is COC(=O)c1cc(-c2ccc(C(F)(F)F)cc2)cn1C(C)C. The van der Waals surface area contributed by atoms with Crippen molar-refractivity contribution in [3.63, 3.8) is 0 Å². The van der Waals surface area contributed by atoms with Crippen LogP contribution in [0.25, 0.3) is 11.1 Å². The van der Waals surface area contributed by atoms with Crippen molar-refractivity contribution in [2.75, 3.05) is 7.11 Å². The van der Waals surface area contributed by atoms with Crippen molar-refractivity contribution in [3.8, 4) is 11.1 Å². The second kappa shape index (κ2) is 5.87. The summed E-state index contributed by atoms with van der Waals surface area (Å²) in [6, 6.07) is 6.49. The normalized spacial score (nSPS) is 11.8. The van der Waals surface area contributed by atoms with E-state index in [1.807, 2.05) is 13.8 Å². The largest absolute Gasteiger partial charge is 0.464 e. The molecule has 0 aliphatic rings. The monoisotopic (exact) mass is 311 g/mol. The number of benzene rings is 1. The first-order valence-corrected chi connectivity index (χ1v) is 6.72. The lowest BCUT2D eigenvalue weighted by Gasteiger charge is -2.10. The van der Waals surface area contributed by atoms with Crippen LogP contribution in [0.5, 0.6) is 0 Å². The number of esters is 1. The Kier molecular flexibility index (Phi) is 4.30. The van der Waals surface area contributed by atoms with E-state index >= 15 is 0 Å². The Morgan fingerprint density at radius 3 is 2.18 bits per heavy atom. The summed E-state index contributed by atoms with van der Waals surface area (Å²) in [5.41, 5.74) is 0.945. The maximum absolute atomic E-state index is 12.6. The highest BCUT2D eigenvalue weighted by atomic mass is 19.4. The van der Waals surface area contributed by atoms with E-state index in [0.717, 1.165) is 12.1 Å². The number of ether oxygens (including phenoxy) is 1. The van der Waals surface area contributed by atoms with Gasteiger partial charge in [0.25, 0.3) is 0 Å². The molecule has 0 spiro atoms. The summed E-state index contributed by atoms with van der Waals surface area (Å²) in [4.78, 5) is 11.8. The minimum atomic E-state index is -4.36. The molecule has 2 aromatic rings. The van der Waals surface area contributed by atoms with Gasteiger partial charge in [-0.3, -0.25) is 0 Å². The van der Waals surface area contributed by atoms with Crippen molar-refractivity contribution >= 4 is 5.97 Å². The van der Waals surface area contributed by atoms with E-state index in [1.165, 1.54) is 19.2 Å². The molecule has 0 saturated carbocycles. The van der Waals surface area contributed by atoms with Gasteiger partial charge in [0.05, 0.1) is 12.7 Å². The summed E-state index contributed by atoms with van der Waals surface area (Å²) >= 11 is 0. The van der Waals surface area contributed by atoms with Gasteiger partial charge >= 0.3 is 12.1 Å². The second-order valence-electron chi connectivity index (χ2n) is 5.18. The Balaban J connectivity index is 2.43. The van der Waals surface area contributed by atoms with Gasteiger partial charge in [0.1, 0.15) is 5.69 Å². The van der Waals surface area contributed by atoms with Gasteiger partial charge < -0.3 is 9.30 Å². The van der Waals surface area contributed by atoms with Gasteiger partial charge in [0.2, 0.25) is 0 Å². The Morgan fingerprint density at radius 2 is 1.73 bits per heavy atom. The van der Waals surface area contributed by atoms with Crippen molar-refractivity contribution in [2.24, 2.45) is 0 Å². The predicted octanol–water partition coefficient (Wildman–Crippen LogP) is 4.54. The quantitative estimate of drug-likeness (QED) is 0.779. The number of aromatic nitrogens is 1. The van der Waals surface area contributed by atoms with Gasteiger partial charge in [-0.15, -0.1) is 0 Å². The summed E-state index contributed by atoms with van der Waals surface area (Å²) in [5.74, 6) is -0.480.